The summed E-state index contributed by atoms with van der Waals surface area (Å²) in [5.41, 5.74) is -0.417. The summed E-state index contributed by atoms with van der Waals surface area (Å²) in [7, 11) is -2.93. The second-order valence-electron chi connectivity index (χ2n) is 5.10. The summed E-state index contributed by atoms with van der Waals surface area (Å²) in [6.07, 6.45) is 5.39. The third kappa shape index (κ3) is 4.57. The Bertz CT molecular complexity index is 373. The van der Waals surface area contributed by atoms with Gasteiger partial charge >= 0.3 is 0 Å². The lowest BCUT2D eigenvalue weighted by atomic mass is 9.91. The van der Waals surface area contributed by atoms with Crippen molar-refractivity contribution in [1.29, 1.82) is 0 Å². The van der Waals surface area contributed by atoms with Gasteiger partial charge in [0.15, 0.2) is 0 Å². The van der Waals surface area contributed by atoms with Crippen molar-refractivity contribution in [1.82, 2.24) is 10.6 Å². The Hall–Kier alpha value is -0.620. The molecular weight excluding hydrogens is 252 g/mol. The van der Waals surface area contributed by atoms with E-state index >= 15 is 0 Å². The largest absolute Gasteiger partial charge is 0.354 e. The smallest absolute Gasteiger partial charge is 0.240 e. The molecule has 1 saturated heterocycles. The Balaban J connectivity index is 2.39. The third-order valence-corrected chi connectivity index (χ3v) is 4.36. The Morgan fingerprint density at radius 1 is 1.44 bits per heavy atom. The summed E-state index contributed by atoms with van der Waals surface area (Å²) in [5.74, 6) is 0.150. The number of nitrogens with one attached hydrogen (secondary N) is 2. The van der Waals surface area contributed by atoms with Gasteiger partial charge in [-0.25, -0.2) is 8.42 Å². The molecule has 0 aromatic carbocycles. The van der Waals surface area contributed by atoms with Crippen molar-refractivity contribution in [2.45, 2.75) is 44.6 Å². The highest BCUT2D eigenvalue weighted by Crippen LogP contribution is 2.24. The molecule has 0 radical (unpaired) electrons. The van der Waals surface area contributed by atoms with Crippen LogP contribution in [-0.2, 0) is 14.6 Å². The molecule has 1 amide bonds. The molecule has 5 nitrogen and oxygen atoms in total. The minimum atomic E-state index is -2.93. The highest BCUT2D eigenvalue weighted by Gasteiger charge is 2.39. The molecule has 0 aromatic heterocycles. The van der Waals surface area contributed by atoms with Gasteiger partial charge in [0, 0.05) is 12.8 Å². The molecule has 2 N–H and O–H groups in total. The summed E-state index contributed by atoms with van der Waals surface area (Å²) in [4.78, 5) is 12.2. The zero-order valence-electron chi connectivity index (χ0n) is 11.3. The molecule has 1 atom stereocenters. The van der Waals surface area contributed by atoms with Crippen LogP contribution >= 0.6 is 0 Å². The van der Waals surface area contributed by atoms with Crippen LogP contribution in [0, 0.1) is 0 Å². The average Bonchev–Trinajstić information content (AvgIpc) is 2.73. The Morgan fingerprint density at radius 2 is 2.17 bits per heavy atom. The van der Waals surface area contributed by atoms with Crippen molar-refractivity contribution in [3.63, 3.8) is 0 Å². The van der Waals surface area contributed by atoms with Crippen LogP contribution in [0.2, 0.25) is 0 Å². The van der Waals surface area contributed by atoms with E-state index in [9.17, 15) is 13.2 Å². The molecule has 1 aliphatic heterocycles. The molecule has 0 aliphatic carbocycles. The minimum absolute atomic E-state index is 0.0235. The molecular formula is C12H24N2O3S. The van der Waals surface area contributed by atoms with Crippen molar-refractivity contribution in [3.8, 4) is 0 Å². The first-order valence-corrected chi connectivity index (χ1v) is 8.67. The number of sulfone groups is 1. The molecule has 0 spiro atoms. The van der Waals surface area contributed by atoms with E-state index in [4.69, 9.17) is 0 Å². The van der Waals surface area contributed by atoms with Gasteiger partial charge in [0.25, 0.3) is 0 Å². The molecule has 0 bridgehead atoms. The molecule has 1 fully saturated rings. The van der Waals surface area contributed by atoms with Gasteiger partial charge in [0.2, 0.25) is 5.91 Å². The van der Waals surface area contributed by atoms with E-state index < -0.39 is 15.4 Å². The highest BCUT2D eigenvalue weighted by atomic mass is 32.2. The second-order valence-corrected chi connectivity index (χ2v) is 7.36. The second kappa shape index (κ2) is 6.52. The summed E-state index contributed by atoms with van der Waals surface area (Å²) in [6, 6.07) is 0. The molecule has 0 saturated carbocycles. The fourth-order valence-electron chi connectivity index (χ4n) is 2.46. The quantitative estimate of drug-likeness (QED) is 0.662. The van der Waals surface area contributed by atoms with Crippen molar-refractivity contribution in [2.24, 2.45) is 0 Å². The van der Waals surface area contributed by atoms with E-state index in [0.717, 1.165) is 32.2 Å². The first-order chi connectivity index (χ1) is 8.40. The summed E-state index contributed by atoms with van der Waals surface area (Å²) in [5, 5.41) is 6.15. The van der Waals surface area contributed by atoms with Crippen LogP contribution in [0.5, 0.6) is 0 Å². The van der Waals surface area contributed by atoms with Gasteiger partial charge in [-0.15, -0.1) is 0 Å². The number of carbonyl (C=O) groups is 1. The zero-order chi connectivity index (χ0) is 13.6. The number of amides is 1. The number of carbonyl (C=O) groups excluding carboxylic acids is 1. The van der Waals surface area contributed by atoms with Crippen LogP contribution in [-0.4, -0.2) is 45.0 Å². The maximum absolute atomic E-state index is 12.2. The molecule has 6 heteroatoms. The summed E-state index contributed by atoms with van der Waals surface area (Å²) in [6.45, 7) is 3.38. The Kier molecular flexibility index (Phi) is 5.59. The van der Waals surface area contributed by atoms with E-state index in [2.05, 4.69) is 17.6 Å². The van der Waals surface area contributed by atoms with Crippen LogP contribution in [0.3, 0.4) is 0 Å². The van der Waals surface area contributed by atoms with Crippen molar-refractivity contribution in [3.05, 3.63) is 0 Å². The summed E-state index contributed by atoms with van der Waals surface area (Å²) >= 11 is 0. The number of hydrogen-bond donors (Lipinski definition) is 2. The van der Waals surface area contributed by atoms with Crippen molar-refractivity contribution < 1.29 is 13.2 Å². The number of hydrogen-bond acceptors (Lipinski definition) is 4. The topological polar surface area (TPSA) is 75.3 Å². The molecule has 1 heterocycles. The van der Waals surface area contributed by atoms with Gasteiger partial charge in [-0.2, -0.15) is 0 Å². The lowest BCUT2D eigenvalue weighted by Gasteiger charge is -2.27. The van der Waals surface area contributed by atoms with Gasteiger partial charge in [-0.1, -0.05) is 13.3 Å². The standard InChI is InChI=1S/C12H24N2O3S/c1-3-6-12(7-4-9-14-12)11(15)13-8-5-10-18(2,16)17/h14H,3-10H2,1-2H3,(H,13,15). The van der Waals surface area contributed by atoms with Gasteiger partial charge in [-0.3, -0.25) is 4.79 Å². The van der Waals surface area contributed by atoms with E-state index in [0.29, 0.717) is 13.0 Å². The van der Waals surface area contributed by atoms with E-state index in [1.165, 1.54) is 6.26 Å². The number of rotatable bonds is 7. The molecule has 106 valence electrons. The highest BCUT2D eigenvalue weighted by molar-refractivity contribution is 7.90. The van der Waals surface area contributed by atoms with Crippen LogP contribution in [0.4, 0.5) is 0 Å². The monoisotopic (exact) mass is 276 g/mol. The maximum Gasteiger partial charge on any atom is 0.240 e. The van der Waals surface area contributed by atoms with Gasteiger partial charge in [0.1, 0.15) is 9.84 Å². The lowest BCUT2D eigenvalue weighted by molar-refractivity contribution is -0.127. The third-order valence-electron chi connectivity index (χ3n) is 3.33. The first kappa shape index (κ1) is 15.4. The Labute approximate surface area is 110 Å². The molecule has 18 heavy (non-hydrogen) atoms. The van der Waals surface area contributed by atoms with E-state index in [1.807, 2.05) is 0 Å². The van der Waals surface area contributed by atoms with Crippen molar-refractivity contribution in [2.75, 3.05) is 25.1 Å². The predicted octanol–water partition coefficient (Wildman–Crippen LogP) is 0.460. The van der Waals surface area contributed by atoms with Crippen LogP contribution in [0.15, 0.2) is 0 Å². The van der Waals surface area contributed by atoms with Gasteiger partial charge in [0.05, 0.1) is 11.3 Å². The predicted molar refractivity (Wildman–Crippen MR) is 72.2 cm³/mol. The zero-order valence-corrected chi connectivity index (χ0v) is 12.1. The normalized spacial score (nSPS) is 24.1. The average molecular weight is 276 g/mol. The fraction of sp³-hybridized carbons (Fsp3) is 0.917. The molecule has 1 unspecified atom stereocenters. The molecule has 1 rings (SSSR count). The van der Waals surface area contributed by atoms with Gasteiger partial charge < -0.3 is 10.6 Å². The van der Waals surface area contributed by atoms with Crippen LogP contribution in [0.25, 0.3) is 0 Å². The lowest BCUT2D eigenvalue weighted by Crippen LogP contribution is -2.53. The fourth-order valence-corrected chi connectivity index (χ4v) is 3.13. The molecule has 0 aromatic rings. The minimum Gasteiger partial charge on any atom is -0.354 e. The van der Waals surface area contributed by atoms with Crippen LogP contribution < -0.4 is 10.6 Å². The van der Waals surface area contributed by atoms with E-state index in [1.54, 1.807) is 0 Å². The van der Waals surface area contributed by atoms with Gasteiger partial charge in [-0.05, 0) is 32.2 Å². The summed E-state index contributed by atoms with van der Waals surface area (Å²) < 4.78 is 21.9. The molecule has 1 aliphatic rings. The van der Waals surface area contributed by atoms with Crippen molar-refractivity contribution >= 4 is 15.7 Å². The SMILES string of the molecule is CCCC1(C(=O)NCCCS(C)(=O)=O)CCCN1. The van der Waals surface area contributed by atoms with E-state index in [-0.39, 0.29) is 11.7 Å². The first-order valence-electron chi connectivity index (χ1n) is 6.61. The Morgan fingerprint density at radius 3 is 2.67 bits per heavy atom. The van der Waals surface area contributed by atoms with Crippen LogP contribution in [0.1, 0.15) is 39.0 Å². The maximum atomic E-state index is 12.2.